The Morgan fingerprint density at radius 1 is 1.47 bits per heavy atom. The van der Waals surface area contributed by atoms with Crippen LogP contribution in [0.4, 0.5) is 4.79 Å². The van der Waals surface area contributed by atoms with Crippen molar-refractivity contribution in [3.05, 3.63) is 16.6 Å². The number of piperidine rings is 1. The summed E-state index contributed by atoms with van der Waals surface area (Å²) in [5, 5.41) is 5.77. The van der Waals surface area contributed by atoms with Gasteiger partial charge in [0.2, 0.25) is 0 Å². The number of carbonyl (C=O) groups excluding carboxylic acids is 1. The number of rotatable bonds is 2. The normalized spacial score (nSPS) is 16.4. The van der Waals surface area contributed by atoms with Crippen molar-refractivity contribution < 1.29 is 4.79 Å². The van der Waals surface area contributed by atoms with E-state index in [0.717, 1.165) is 30.9 Å². The summed E-state index contributed by atoms with van der Waals surface area (Å²) in [6.45, 7) is 2.33. The van der Waals surface area contributed by atoms with Crippen molar-refractivity contribution >= 4 is 17.4 Å². The van der Waals surface area contributed by atoms with Crippen LogP contribution in [0.3, 0.4) is 0 Å². The number of urea groups is 1. The maximum Gasteiger partial charge on any atom is 0.317 e. The molecule has 0 saturated carbocycles. The summed E-state index contributed by atoms with van der Waals surface area (Å²) >= 11 is 1.57. The lowest BCUT2D eigenvalue weighted by Gasteiger charge is -2.26. The maximum atomic E-state index is 11.7. The minimum absolute atomic E-state index is 0.0462. The van der Waals surface area contributed by atoms with E-state index in [4.69, 9.17) is 0 Å². The van der Waals surface area contributed by atoms with Crippen LogP contribution in [0.15, 0.2) is 11.6 Å². The van der Waals surface area contributed by atoms with E-state index in [2.05, 4.69) is 10.3 Å². The van der Waals surface area contributed by atoms with Crippen molar-refractivity contribution in [3.8, 4) is 0 Å². The molecule has 1 aromatic rings. The average molecular weight is 225 g/mol. The monoisotopic (exact) mass is 225 g/mol. The van der Waals surface area contributed by atoms with E-state index in [1.807, 2.05) is 10.3 Å². The molecule has 82 valence electrons. The van der Waals surface area contributed by atoms with Gasteiger partial charge in [0, 0.05) is 24.7 Å². The second-order valence-corrected chi connectivity index (χ2v) is 4.61. The number of aromatic nitrogens is 1. The number of carbonyl (C=O) groups is 1. The Morgan fingerprint density at radius 2 is 2.27 bits per heavy atom. The molecule has 1 fully saturated rings. The van der Waals surface area contributed by atoms with Crippen LogP contribution in [-0.2, 0) is 6.54 Å². The Bertz CT molecular complexity index is 306. The number of nitrogens with zero attached hydrogens (tertiary/aromatic N) is 2. The largest absolute Gasteiger partial charge is 0.331 e. The summed E-state index contributed by atoms with van der Waals surface area (Å²) in [5.74, 6) is 0. The molecule has 0 radical (unpaired) electrons. The first kappa shape index (κ1) is 10.4. The molecule has 2 rings (SSSR count). The predicted molar refractivity (Wildman–Crippen MR) is 59.8 cm³/mol. The quantitative estimate of drug-likeness (QED) is 0.834. The molecule has 1 aromatic heterocycles. The SMILES string of the molecule is O=C(NCc1nccs1)N1CCCCC1. The molecule has 15 heavy (non-hydrogen) atoms. The third kappa shape index (κ3) is 2.92. The number of hydrogen-bond donors (Lipinski definition) is 1. The Balaban J connectivity index is 1.76. The smallest absolute Gasteiger partial charge is 0.317 e. The lowest BCUT2D eigenvalue weighted by molar-refractivity contribution is 0.186. The zero-order valence-corrected chi connectivity index (χ0v) is 9.42. The van der Waals surface area contributed by atoms with Gasteiger partial charge in [-0.2, -0.15) is 0 Å². The van der Waals surface area contributed by atoms with Gasteiger partial charge in [-0.1, -0.05) is 0 Å². The van der Waals surface area contributed by atoms with Crippen LogP contribution >= 0.6 is 11.3 Å². The third-order valence-corrected chi connectivity index (χ3v) is 3.30. The van der Waals surface area contributed by atoms with E-state index in [1.165, 1.54) is 6.42 Å². The van der Waals surface area contributed by atoms with Gasteiger partial charge < -0.3 is 10.2 Å². The highest BCUT2D eigenvalue weighted by molar-refractivity contribution is 7.09. The molecule has 1 aliphatic rings. The first-order valence-corrected chi connectivity index (χ1v) is 6.15. The summed E-state index contributed by atoms with van der Waals surface area (Å²) in [4.78, 5) is 17.7. The zero-order valence-electron chi connectivity index (χ0n) is 8.61. The topological polar surface area (TPSA) is 45.2 Å². The minimum atomic E-state index is 0.0462. The summed E-state index contributed by atoms with van der Waals surface area (Å²) in [7, 11) is 0. The molecule has 4 nitrogen and oxygen atoms in total. The van der Waals surface area contributed by atoms with Crippen LogP contribution < -0.4 is 5.32 Å². The van der Waals surface area contributed by atoms with Gasteiger partial charge >= 0.3 is 6.03 Å². The van der Waals surface area contributed by atoms with Crippen molar-refractivity contribution in [2.45, 2.75) is 25.8 Å². The van der Waals surface area contributed by atoms with Gasteiger partial charge in [0.05, 0.1) is 6.54 Å². The van der Waals surface area contributed by atoms with Crippen LogP contribution in [-0.4, -0.2) is 29.0 Å². The van der Waals surface area contributed by atoms with Gasteiger partial charge in [-0.3, -0.25) is 0 Å². The molecule has 2 amide bonds. The third-order valence-electron chi connectivity index (χ3n) is 2.52. The number of amides is 2. The molecule has 0 unspecified atom stereocenters. The highest BCUT2D eigenvalue weighted by Crippen LogP contribution is 2.09. The molecule has 1 aliphatic heterocycles. The van der Waals surface area contributed by atoms with Gasteiger partial charge in [-0.05, 0) is 19.3 Å². The van der Waals surface area contributed by atoms with E-state index in [-0.39, 0.29) is 6.03 Å². The lowest BCUT2D eigenvalue weighted by atomic mass is 10.1. The predicted octanol–water partition coefficient (Wildman–Crippen LogP) is 1.84. The number of nitrogens with one attached hydrogen (secondary N) is 1. The van der Waals surface area contributed by atoms with Gasteiger partial charge in [-0.25, -0.2) is 9.78 Å². The Morgan fingerprint density at radius 3 is 2.93 bits per heavy atom. The highest BCUT2D eigenvalue weighted by atomic mass is 32.1. The molecule has 2 heterocycles. The molecule has 0 aromatic carbocycles. The molecule has 1 saturated heterocycles. The first-order chi connectivity index (χ1) is 7.36. The fourth-order valence-corrected chi connectivity index (χ4v) is 2.26. The molecule has 0 bridgehead atoms. The fourth-order valence-electron chi connectivity index (χ4n) is 1.70. The van der Waals surface area contributed by atoms with Crippen LogP contribution in [0.5, 0.6) is 0 Å². The maximum absolute atomic E-state index is 11.7. The van der Waals surface area contributed by atoms with Gasteiger partial charge in [0.25, 0.3) is 0 Å². The zero-order chi connectivity index (χ0) is 10.5. The minimum Gasteiger partial charge on any atom is -0.331 e. The molecule has 0 atom stereocenters. The van der Waals surface area contributed by atoms with E-state index < -0.39 is 0 Å². The van der Waals surface area contributed by atoms with Gasteiger partial charge in [0.15, 0.2) is 0 Å². The summed E-state index contributed by atoms with van der Waals surface area (Å²) in [6.07, 6.45) is 5.26. The van der Waals surface area contributed by atoms with E-state index in [1.54, 1.807) is 17.5 Å². The summed E-state index contributed by atoms with van der Waals surface area (Å²) < 4.78 is 0. The summed E-state index contributed by atoms with van der Waals surface area (Å²) in [5.41, 5.74) is 0. The Kier molecular flexibility index (Phi) is 3.55. The van der Waals surface area contributed by atoms with Crippen molar-refractivity contribution in [2.24, 2.45) is 0 Å². The van der Waals surface area contributed by atoms with Crippen LogP contribution in [0.25, 0.3) is 0 Å². The van der Waals surface area contributed by atoms with Crippen molar-refractivity contribution in [1.29, 1.82) is 0 Å². The standard InChI is InChI=1S/C10H15N3OS/c14-10(13-5-2-1-3-6-13)12-8-9-11-4-7-15-9/h4,7H,1-3,5-6,8H2,(H,12,14). The van der Waals surface area contributed by atoms with Gasteiger partial charge in [0.1, 0.15) is 5.01 Å². The molecule has 1 N–H and O–H groups in total. The first-order valence-electron chi connectivity index (χ1n) is 5.27. The van der Waals surface area contributed by atoms with E-state index in [0.29, 0.717) is 6.54 Å². The molecular formula is C10H15N3OS. The fraction of sp³-hybridized carbons (Fsp3) is 0.600. The van der Waals surface area contributed by atoms with Crippen LogP contribution in [0.1, 0.15) is 24.3 Å². The number of likely N-dealkylation sites (tertiary alicyclic amines) is 1. The highest BCUT2D eigenvalue weighted by Gasteiger charge is 2.15. The van der Waals surface area contributed by atoms with Crippen molar-refractivity contribution in [3.63, 3.8) is 0 Å². The van der Waals surface area contributed by atoms with Crippen LogP contribution in [0.2, 0.25) is 0 Å². The van der Waals surface area contributed by atoms with Gasteiger partial charge in [-0.15, -0.1) is 11.3 Å². The van der Waals surface area contributed by atoms with E-state index >= 15 is 0 Å². The second kappa shape index (κ2) is 5.11. The van der Waals surface area contributed by atoms with Crippen molar-refractivity contribution in [1.82, 2.24) is 15.2 Å². The Hall–Kier alpha value is -1.10. The summed E-state index contributed by atoms with van der Waals surface area (Å²) in [6, 6.07) is 0.0462. The second-order valence-electron chi connectivity index (χ2n) is 3.63. The molecular weight excluding hydrogens is 210 g/mol. The number of thiazole rings is 1. The molecule has 0 spiro atoms. The molecule has 5 heteroatoms. The Labute approximate surface area is 93.3 Å². The average Bonchev–Trinajstić information content (AvgIpc) is 2.80. The van der Waals surface area contributed by atoms with Crippen molar-refractivity contribution in [2.75, 3.05) is 13.1 Å². The van der Waals surface area contributed by atoms with E-state index in [9.17, 15) is 4.79 Å². The molecule has 0 aliphatic carbocycles. The number of hydrogen-bond acceptors (Lipinski definition) is 3. The lowest BCUT2D eigenvalue weighted by Crippen LogP contribution is -2.42. The van der Waals surface area contributed by atoms with Crippen LogP contribution in [0, 0.1) is 0 Å².